The van der Waals surface area contributed by atoms with Crippen molar-refractivity contribution in [2.75, 3.05) is 0 Å². The van der Waals surface area contributed by atoms with E-state index in [0.717, 1.165) is 0 Å². The van der Waals surface area contributed by atoms with Gasteiger partial charge in [0.2, 0.25) is 0 Å². The molecule has 1 nitrogen and oxygen atoms in total. The van der Waals surface area contributed by atoms with Gasteiger partial charge in [-0.05, 0) is 0 Å². The van der Waals surface area contributed by atoms with Gasteiger partial charge >= 0.3 is 0 Å². The van der Waals surface area contributed by atoms with Crippen molar-refractivity contribution < 1.29 is 4.79 Å². The zero-order valence-corrected chi connectivity index (χ0v) is 6.32. The second-order valence-electron chi connectivity index (χ2n) is 1.25. The third kappa shape index (κ3) is 42.2. The summed E-state index contributed by atoms with van der Waals surface area (Å²) in [5.74, 6) is 0.343. The van der Waals surface area contributed by atoms with Crippen LogP contribution < -0.4 is 0 Å². The van der Waals surface area contributed by atoms with E-state index in [-0.39, 0.29) is 22.3 Å². The van der Waals surface area contributed by atoms with Crippen molar-refractivity contribution in [1.29, 1.82) is 0 Å². The largest absolute Gasteiger partial charge is 0.300 e. The summed E-state index contributed by atoms with van der Waals surface area (Å²) in [7, 11) is 0. The Labute approximate surface area is 74.2 Å². The molecule has 0 aliphatic heterocycles. The Kier molecular flexibility index (Phi) is 94.0. The topological polar surface area (TPSA) is 17.1 Å². The molecule has 0 aliphatic carbocycles. The van der Waals surface area contributed by atoms with Gasteiger partial charge < -0.3 is 0 Å². The Bertz CT molecular complexity index is 42.8. The highest BCUT2D eigenvalue weighted by Gasteiger charge is 1.86. The lowest BCUT2D eigenvalue weighted by molar-refractivity contribution is -0.118. The fraction of sp³-hybridized carbons (Fsp3) is 0.900. The van der Waals surface area contributed by atoms with Gasteiger partial charge in [0.05, 0.1) is 0 Å². The van der Waals surface area contributed by atoms with E-state index in [1.165, 1.54) is 0 Å². The summed E-state index contributed by atoms with van der Waals surface area (Å²) in [4.78, 5) is 10.2. The molecule has 0 aromatic carbocycles. The van der Waals surface area contributed by atoms with Crippen LogP contribution in [0.2, 0.25) is 0 Å². The lowest BCUT2D eigenvalue weighted by atomic mass is 10.3. The number of rotatable bonds is 2. The Morgan fingerprint density at radius 3 is 1.09 bits per heavy atom. The summed E-state index contributed by atoms with van der Waals surface area (Å²) in [6.45, 7) is 7.76. The molecule has 0 atom stereocenters. The van der Waals surface area contributed by atoms with Crippen LogP contribution in [0, 0.1) is 0 Å². The Hall–Kier alpha value is -0.330. The van der Waals surface area contributed by atoms with E-state index in [4.69, 9.17) is 0 Å². The highest BCUT2D eigenvalue weighted by molar-refractivity contribution is 5.77. The average Bonchev–Trinajstić information content (AvgIpc) is 1.91. The summed E-state index contributed by atoms with van der Waals surface area (Å²) in [5, 5.41) is 0. The quantitative estimate of drug-likeness (QED) is 0.594. The van der Waals surface area contributed by atoms with Crippen molar-refractivity contribution in [1.82, 2.24) is 0 Å². The third-order valence-corrected chi connectivity index (χ3v) is 0.789. The molecule has 0 saturated carbocycles. The van der Waals surface area contributed by atoms with E-state index >= 15 is 0 Å². The van der Waals surface area contributed by atoms with Crippen LogP contribution in [0.4, 0.5) is 0 Å². The first-order chi connectivity index (χ1) is 3.81. The first-order valence-electron chi connectivity index (χ1n) is 3.33. The van der Waals surface area contributed by atoms with E-state index in [2.05, 4.69) is 0 Å². The number of hydrogen-bond donors (Lipinski definition) is 0. The highest BCUT2D eigenvalue weighted by atomic mass is 16.1. The fourth-order valence-electron chi connectivity index (χ4n) is 0.250. The first kappa shape index (κ1) is 31.0. The van der Waals surface area contributed by atoms with Gasteiger partial charge in [-0.25, -0.2) is 0 Å². The predicted molar refractivity (Wildman–Crippen MR) is 57.1 cm³/mol. The predicted octanol–water partition coefficient (Wildman–Crippen LogP) is 4.31. The molecule has 0 spiro atoms. The van der Waals surface area contributed by atoms with E-state index < -0.39 is 0 Å². The van der Waals surface area contributed by atoms with Crippen molar-refractivity contribution in [3.8, 4) is 0 Å². The lowest BCUT2D eigenvalue weighted by Gasteiger charge is -1.81. The standard InChI is InChI=1S/C5H10O.C2H6.3CH4/c1-3-5(6)4-2;1-2;;;/h3-4H2,1-2H3;1-2H3;3*1H4. The van der Waals surface area contributed by atoms with Crippen molar-refractivity contribution in [2.24, 2.45) is 0 Å². The van der Waals surface area contributed by atoms with Gasteiger partial charge in [-0.3, -0.25) is 4.79 Å². The van der Waals surface area contributed by atoms with Gasteiger partial charge in [0.15, 0.2) is 0 Å². The van der Waals surface area contributed by atoms with Crippen LogP contribution in [0.25, 0.3) is 0 Å². The minimum Gasteiger partial charge on any atom is -0.300 e. The van der Waals surface area contributed by atoms with Crippen molar-refractivity contribution in [3.63, 3.8) is 0 Å². The molecule has 0 heterocycles. The second kappa shape index (κ2) is 33.3. The molecule has 0 N–H and O–H groups in total. The Morgan fingerprint density at radius 2 is 1.09 bits per heavy atom. The molecule has 0 bridgehead atoms. The molecule has 1 heteroatoms. The second-order valence-corrected chi connectivity index (χ2v) is 1.25. The van der Waals surface area contributed by atoms with Gasteiger partial charge in [-0.15, -0.1) is 0 Å². The molecule has 0 saturated heterocycles. The molecule has 0 rings (SSSR count). The average molecular weight is 164 g/mol. The molecular formula is C10H28O. The third-order valence-electron chi connectivity index (χ3n) is 0.789. The van der Waals surface area contributed by atoms with Crippen LogP contribution in [-0.2, 0) is 4.79 Å². The van der Waals surface area contributed by atoms with Gasteiger partial charge in [0.25, 0.3) is 0 Å². The number of carbonyl (C=O) groups excluding carboxylic acids is 1. The molecule has 0 amide bonds. The van der Waals surface area contributed by atoms with Crippen LogP contribution in [0.5, 0.6) is 0 Å². The molecule has 0 fully saturated rings. The normalized spacial score (nSPS) is 5.09. The maximum Gasteiger partial charge on any atom is 0.132 e. The van der Waals surface area contributed by atoms with E-state index in [1.54, 1.807) is 0 Å². The van der Waals surface area contributed by atoms with Crippen LogP contribution in [0.1, 0.15) is 62.8 Å². The van der Waals surface area contributed by atoms with E-state index in [9.17, 15) is 4.79 Å². The summed E-state index contributed by atoms with van der Waals surface area (Å²) < 4.78 is 0. The van der Waals surface area contributed by atoms with Gasteiger partial charge in [0.1, 0.15) is 5.78 Å². The molecule has 11 heavy (non-hydrogen) atoms. The number of carbonyl (C=O) groups is 1. The zero-order chi connectivity index (χ0) is 6.99. The van der Waals surface area contributed by atoms with Gasteiger partial charge in [-0.1, -0.05) is 50.0 Å². The molecule has 0 aromatic rings. The van der Waals surface area contributed by atoms with Gasteiger partial charge in [0, 0.05) is 12.8 Å². The Morgan fingerprint density at radius 1 is 0.909 bits per heavy atom. The summed E-state index contributed by atoms with van der Waals surface area (Å²) in [5.41, 5.74) is 0. The zero-order valence-electron chi connectivity index (χ0n) is 6.32. The van der Waals surface area contributed by atoms with E-state index in [0.29, 0.717) is 18.6 Å². The molecule has 0 unspecified atom stereocenters. The maximum absolute atomic E-state index is 10.2. The summed E-state index contributed by atoms with van der Waals surface area (Å²) >= 11 is 0. The van der Waals surface area contributed by atoms with Crippen LogP contribution in [0.15, 0.2) is 0 Å². The van der Waals surface area contributed by atoms with Gasteiger partial charge in [-0.2, -0.15) is 0 Å². The fourth-order valence-corrected chi connectivity index (χ4v) is 0.250. The number of hydrogen-bond acceptors (Lipinski definition) is 1. The molecule has 0 aromatic heterocycles. The van der Waals surface area contributed by atoms with Crippen LogP contribution >= 0.6 is 0 Å². The molecule has 74 valence electrons. The molecule has 0 aliphatic rings. The lowest BCUT2D eigenvalue weighted by Crippen LogP contribution is -1.88. The van der Waals surface area contributed by atoms with Crippen LogP contribution in [-0.4, -0.2) is 5.78 Å². The number of Topliss-reactive ketones (excluding diaryl/α,β-unsaturated/α-hetero) is 1. The maximum atomic E-state index is 10.2. The van der Waals surface area contributed by atoms with Crippen molar-refractivity contribution in [2.45, 2.75) is 62.8 Å². The van der Waals surface area contributed by atoms with Crippen molar-refractivity contribution >= 4 is 5.78 Å². The minimum absolute atomic E-state index is 0. The smallest absolute Gasteiger partial charge is 0.132 e. The SMILES string of the molecule is C.C.C.CC.CCC(=O)CC. The molecular weight excluding hydrogens is 136 g/mol. The summed E-state index contributed by atoms with van der Waals surface area (Å²) in [6.07, 6.45) is 1.38. The Balaban J connectivity index is -0.0000000222. The van der Waals surface area contributed by atoms with Crippen LogP contribution in [0.3, 0.4) is 0 Å². The minimum atomic E-state index is 0. The van der Waals surface area contributed by atoms with Crippen molar-refractivity contribution in [3.05, 3.63) is 0 Å². The highest BCUT2D eigenvalue weighted by Crippen LogP contribution is 1.82. The monoisotopic (exact) mass is 164 g/mol. The molecule has 0 radical (unpaired) electrons. The summed E-state index contributed by atoms with van der Waals surface area (Å²) in [6, 6.07) is 0. The number of ketones is 1. The first-order valence-corrected chi connectivity index (χ1v) is 3.33. The van der Waals surface area contributed by atoms with E-state index in [1.807, 2.05) is 27.7 Å².